The fourth-order valence-corrected chi connectivity index (χ4v) is 3.64. The van der Waals surface area contributed by atoms with Crippen LogP contribution in [0.3, 0.4) is 0 Å². The van der Waals surface area contributed by atoms with Crippen molar-refractivity contribution >= 4 is 35.2 Å². The van der Waals surface area contributed by atoms with Gasteiger partial charge in [-0.15, -0.1) is 0 Å². The zero-order valence-corrected chi connectivity index (χ0v) is 14.9. The van der Waals surface area contributed by atoms with Gasteiger partial charge in [0.15, 0.2) is 0 Å². The number of likely N-dealkylation sites (N-methyl/N-ethyl adjacent to an activating group) is 1. The fraction of sp³-hybridized carbons (Fsp3) is 0.444. The van der Waals surface area contributed by atoms with Crippen LogP contribution in [0.5, 0.6) is 0 Å². The Morgan fingerprint density at radius 2 is 1.96 bits per heavy atom. The molecule has 1 fully saturated rings. The van der Waals surface area contributed by atoms with Gasteiger partial charge in [-0.2, -0.15) is 5.10 Å². The van der Waals surface area contributed by atoms with Crippen LogP contribution < -0.4 is 0 Å². The first-order valence-corrected chi connectivity index (χ1v) is 8.92. The van der Waals surface area contributed by atoms with Gasteiger partial charge in [0, 0.05) is 49.4 Å². The van der Waals surface area contributed by atoms with E-state index in [1.165, 1.54) is 11.3 Å². The van der Waals surface area contributed by atoms with Crippen molar-refractivity contribution in [2.24, 2.45) is 10.1 Å². The molecule has 24 heavy (non-hydrogen) atoms. The van der Waals surface area contributed by atoms with E-state index in [-0.39, 0.29) is 0 Å². The molecule has 0 N–H and O–H groups in total. The van der Waals surface area contributed by atoms with E-state index in [0.717, 1.165) is 61.3 Å². The van der Waals surface area contributed by atoms with Crippen molar-refractivity contribution in [3.8, 4) is 0 Å². The monoisotopic (exact) mass is 343 g/mol. The van der Waals surface area contributed by atoms with Crippen molar-refractivity contribution < 1.29 is 0 Å². The quantitative estimate of drug-likeness (QED) is 0.783. The molecule has 3 aliphatic rings. The third kappa shape index (κ3) is 2.62. The minimum Gasteiger partial charge on any atom is -0.338 e. The maximum absolute atomic E-state index is 6.26. The van der Waals surface area contributed by atoms with E-state index in [1.807, 2.05) is 29.4 Å². The summed E-state index contributed by atoms with van der Waals surface area (Å²) in [6.07, 6.45) is 3.88. The molecule has 1 aromatic rings. The molecule has 1 saturated heterocycles. The van der Waals surface area contributed by atoms with E-state index in [0.29, 0.717) is 0 Å². The Labute approximate surface area is 147 Å². The third-order valence-corrected chi connectivity index (χ3v) is 5.15. The number of hydrogen-bond donors (Lipinski definition) is 0. The molecule has 5 nitrogen and oxygen atoms in total. The number of nitrogens with zero attached hydrogens (tertiary/aromatic N) is 5. The number of rotatable bonds is 1. The molecule has 0 bridgehead atoms. The Kier molecular flexibility index (Phi) is 4.06. The van der Waals surface area contributed by atoms with Crippen LogP contribution in [0, 0.1) is 0 Å². The summed E-state index contributed by atoms with van der Waals surface area (Å²) in [5.74, 6) is 0.940. The van der Waals surface area contributed by atoms with Gasteiger partial charge in [0.05, 0.1) is 11.4 Å². The highest BCUT2D eigenvalue weighted by atomic mass is 35.5. The number of fused-ring (bicyclic) bond motifs is 3. The Hall–Kier alpha value is -1.85. The summed E-state index contributed by atoms with van der Waals surface area (Å²) in [7, 11) is 2.16. The molecule has 0 radical (unpaired) electrons. The zero-order chi connectivity index (χ0) is 16.7. The number of guanidine groups is 1. The molecule has 0 aliphatic carbocycles. The average Bonchev–Trinajstić information content (AvgIpc) is 2.61. The largest absolute Gasteiger partial charge is 0.338 e. The second kappa shape index (κ2) is 6.22. The number of hydrazone groups is 1. The van der Waals surface area contributed by atoms with Crippen molar-refractivity contribution in [3.63, 3.8) is 0 Å². The predicted molar refractivity (Wildman–Crippen MR) is 99.8 cm³/mol. The summed E-state index contributed by atoms with van der Waals surface area (Å²) in [4.78, 5) is 9.62. The summed E-state index contributed by atoms with van der Waals surface area (Å²) in [6.45, 7) is 6.23. The molecule has 0 atom stereocenters. The molecule has 0 spiro atoms. The topological polar surface area (TPSA) is 34.4 Å². The standard InChI is InChI=1S/C18H22ClN5/c1-3-13-6-7-20-24-17(13)15-12-14(19)4-5-16(15)21-18(24)23-10-8-22(2)9-11-23/h4-5,7,12H,3,6,8-11H2,1-2H3. The second-order valence-electron chi connectivity index (χ2n) is 6.48. The van der Waals surface area contributed by atoms with Crippen LogP contribution in [0.4, 0.5) is 5.69 Å². The second-order valence-corrected chi connectivity index (χ2v) is 6.92. The molecule has 0 unspecified atom stereocenters. The third-order valence-electron chi connectivity index (χ3n) is 4.92. The van der Waals surface area contributed by atoms with Crippen molar-refractivity contribution in [1.29, 1.82) is 0 Å². The molecule has 3 aliphatic heterocycles. The minimum absolute atomic E-state index is 0.740. The van der Waals surface area contributed by atoms with Gasteiger partial charge in [-0.1, -0.05) is 18.5 Å². The maximum atomic E-state index is 6.26. The number of halogens is 1. The van der Waals surface area contributed by atoms with Crippen LogP contribution in [0.1, 0.15) is 25.3 Å². The lowest BCUT2D eigenvalue weighted by Gasteiger charge is -2.41. The number of benzene rings is 1. The van der Waals surface area contributed by atoms with E-state index < -0.39 is 0 Å². The average molecular weight is 344 g/mol. The molecule has 1 aromatic carbocycles. The van der Waals surface area contributed by atoms with E-state index in [1.54, 1.807) is 0 Å². The number of hydrogen-bond acceptors (Lipinski definition) is 5. The van der Waals surface area contributed by atoms with Gasteiger partial charge < -0.3 is 9.80 Å². The van der Waals surface area contributed by atoms with Crippen LogP contribution in [0.15, 0.2) is 33.9 Å². The number of allylic oxidation sites excluding steroid dienone is 1. The van der Waals surface area contributed by atoms with E-state index in [9.17, 15) is 0 Å². The van der Waals surface area contributed by atoms with E-state index in [4.69, 9.17) is 16.6 Å². The van der Waals surface area contributed by atoms with Crippen LogP contribution >= 0.6 is 11.6 Å². The van der Waals surface area contributed by atoms with Gasteiger partial charge in [0.25, 0.3) is 0 Å². The van der Waals surface area contributed by atoms with Crippen LogP contribution in [0.25, 0.3) is 5.70 Å². The summed E-state index contributed by atoms with van der Waals surface area (Å²) >= 11 is 6.26. The highest BCUT2D eigenvalue weighted by molar-refractivity contribution is 6.31. The molecular formula is C18H22ClN5. The molecule has 0 aromatic heterocycles. The van der Waals surface area contributed by atoms with E-state index >= 15 is 0 Å². The lowest BCUT2D eigenvalue weighted by molar-refractivity contribution is 0.203. The molecule has 0 amide bonds. The summed E-state index contributed by atoms with van der Waals surface area (Å²) < 4.78 is 0. The highest BCUT2D eigenvalue weighted by Crippen LogP contribution is 2.41. The van der Waals surface area contributed by atoms with Crippen molar-refractivity contribution in [3.05, 3.63) is 34.4 Å². The van der Waals surface area contributed by atoms with E-state index in [2.05, 4.69) is 28.9 Å². The Balaban J connectivity index is 1.83. The van der Waals surface area contributed by atoms with Gasteiger partial charge in [-0.3, -0.25) is 0 Å². The number of piperazine rings is 1. The first kappa shape index (κ1) is 15.7. The molecule has 4 rings (SSSR count). The van der Waals surface area contributed by atoms with Crippen LogP contribution in [-0.4, -0.2) is 60.2 Å². The maximum Gasteiger partial charge on any atom is 0.227 e. The van der Waals surface area contributed by atoms with Crippen molar-refractivity contribution in [2.45, 2.75) is 19.8 Å². The van der Waals surface area contributed by atoms with Crippen LogP contribution in [0.2, 0.25) is 5.02 Å². The first-order valence-electron chi connectivity index (χ1n) is 8.54. The molecular weight excluding hydrogens is 322 g/mol. The molecule has 3 heterocycles. The lowest BCUT2D eigenvalue weighted by Crippen LogP contribution is -2.52. The Morgan fingerprint density at radius 1 is 1.17 bits per heavy atom. The Morgan fingerprint density at radius 3 is 2.71 bits per heavy atom. The van der Waals surface area contributed by atoms with Crippen molar-refractivity contribution in [2.75, 3.05) is 33.2 Å². The van der Waals surface area contributed by atoms with Gasteiger partial charge in [-0.25, -0.2) is 10.0 Å². The van der Waals surface area contributed by atoms with Gasteiger partial charge in [0.2, 0.25) is 5.96 Å². The van der Waals surface area contributed by atoms with Crippen LogP contribution in [-0.2, 0) is 0 Å². The van der Waals surface area contributed by atoms with Crippen molar-refractivity contribution in [1.82, 2.24) is 14.8 Å². The predicted octanol–water partition coefficient (Wildman–Crippen LogP) is 3.40. The SMILES string of the molecule is CCC1=C2c3cc(Cl)ccc3N=C(N3CCN(C)CC3)N2N=CC1. The fourth-order valence-electron chi connectivity index (χ4n) is 3.47. The smallest absolute Gasteiger partial charge is 0.227 e. The van der Waals surface area contributed by atoms with Gasteiger partial charge in [0.1, 0.15) is 0 Å². The zero-order valence-electron chi connectivity index (χ0n) is 14.2. The summed E-state index contributed by atoms with van der Waals surface area (Å²) in [5, 5.41) is 7.44. The summed E-state index contributed by atoms with van der Waals surface area (Å²) in [5.41, 5.74) is 4.63. The lowest BCUT2D eigenvalue weighted by atomic mass is 9.98. The first-order chi connectivity index (χ1) is 11.7. The molecule has 0 saturated carbocycles. The normalized spacial score (nSPS) is 20.9. The molecule has 126 valence electrons. The highest BCUT2D eigenvalue weighted by Gasteiger charge is 2.33. The summed E-state index contributed by atoms with van der Waals surface area (Å²) in [6, 6.07) is 5.95. The van der Waals surface area contributed by atoms with Gasteiger partial charge in [-0.05, 0) is 37.2 Å². The Bertz CT molecular complexity index is 744. The number of aliphatic imine (C=N–C) groups is 1. The molecule has 6 heteroatoms. The minimum atomic E-state index is 0.740. The van der Waals surface area contributed by atoms with Gasteiger partial charge >= 0.3 is 0 Å².